The normalized spacial score (nSPS) is 18.2. The summed E-state index contributed by atoms with van der Waals surface area (Å²) in [4.78, 5) is 13.6. The monoisotopic (exact) mass is 286 g/mol. The summed E-state index contributed by atoms with van der Waals surface area (Å²) in [7, 11) is 0. The van der Waals surface area contributed by atoms with Crippen LogP contribution in [-0.4, -0.2) is 11.9 Å². The van der Waals surface area contributed by atoms with Crippen molar-refractivity contribution in [2.24, 2.45) is 0 Å². The van der Waals surface area contributed by atoms with Crippen LogP contribution in [0.1, 0.15) is 22.4 Å². The minimum atomic E-state index is -0.121. The predicted octanol–water partition coefficient (Wildman–Crippen LogP) is 3.10. The van der Waals surface area contributed by atoms with Crippen LogP contribution in [0.4, 0.5) is 5.69 Å². The molecule has 1 amide bonds. The molecule has 4 heteroatoms. The highest BCUT2D eigenvalue weighted by Gasteiger charge is 2.22. The summed E-state index contributed by atoms with van der Waals surface area (Å²) in [6, 6.07) is 10.0. The van der Waals surface area contributed by atoms with Gasteiger partial charge in [-0.3, -0.25) is 4.79 Å². The maximum absolute atomic E-state index is 12.3. The smallest absolute Gasteiger partial charge is 0.241 e. The van der Waals surface area contributed by atoms with Crippen molar-refractivity contribution in [1.82, 2.24) is 5.32 Å². The van der Waals surface area contributed by atoms with Gasteiger partial charge >= 0.3 is 0 Å². The quantitative estimate of drug-likeness (QED) is 0.910. The summed E-state index contributed by atoms with van der Waals surface area (Å²) in [5, 5.41) is 8.50. The number of thiophene rings is 1. The SMILES string of the molecule is Cc1ccsc1CNC1CCc2ccccc2NC1=O. The predicted molar refractivity (Wildman–Crippen MR) is 83.1 cm³/mol. The lowest BCUT2D eigenvalue weighted by molar-refractivity contribution is -0.118. The summed E-state index contributed by atoms with van der Waals surface area (Å²) in [5.41, 5.74) is 3.46. The number of anilines is 1. The Hall–Kier alpha value is -1.65. The lowest BCUT2D eigenvalue weighted by Crippen LogP contribution is -2.39. The molecule has 1 atom stereocenters. The molecule has 1 unspecified atom stereocenters. The van der Waals surface area contributed by atoms with Crippen molar-refractivity contribution in [3.63, 3.8) is 0 Å². The molecular weight excluding hydrogens is 268 g/mol. The number of carbonyl (C=O) groups excluding carboxylic acids is 1. The van der Waals surface area contributed by atoms with E-state index in [1.54, 1.807) is 11.3 Å². The van der Waals surface area contributed by atoms with Gasteiger partial charge in [0.25, 0.3) is 0 Å². The van der Waals surface area contributed by atoms with E-state index in [-0.39, 0.29) is 11.9 Å². The van der Waals surface area contributed by atoms with Gasteiger partial charge in [0.1, 0.15) is 0 Å². The van der Waals surface area contributed by atoms with E-state index in [1.807, 2.05) is 18.2 Å². The maximum Gasteiger partial charge on any atom is 0.241 e. The van der Waals surface area contributed by atoms with Crippen LogP contribution in [0.25, 0.3) is 0 Å². The highest BCUT2D eigenvalue weighted by Crippen LogP contribution is 2.22. The van der Waals surface area contributed by atoms with Gasteiger partial charge in [-0.15, -0.1) is 11.3 Å². The third kappa shape index (κ3) is 2.76. The van der Waals surface area contributed by atoms with Gasteiger partial charge in [0.2, 0.25) is 5.91 Å². The minimum Gasteiger partial charge on any atom is -0.324 e. The van der Waals surface area contributed by atoms with Gasteiger partial charge in [0.15, 0.2) is 0 Å². The van der Waals surface area contributed by atoms with Crippen molar-refractivity contribution in [1.29, 1.82) is 0 Å². The van der Waals surface area contributed by atoms with Gasteiger partial charge in [-0.1, -0.05) is 18.2 Å². The number of aryl methyl sites for hydroxylation is 2. The molecule has 2 aromatic rings. The van der Waals surface area contributed by atoms with E-state index < -0.39 is 0 Å². The Kier molecular flexibility index (Phi) is 3.85. The first kappa shape index (κ1) is 13.3. The Morgan fingerprint density at radius 2 is 2.20 bits per heavy atom. The van der Waals surface area contributed by atoms with Gasteiger partial charge in [-0.05, 0) is 48.4 Å². The fourth-order valence-corrected chi connectivity index (χ4v) is 3.36. The number of nitrogens with one attached hydrogen (secondary N) is 2. The van der Waals surface area contributed by atoms with E-state index in [1.165, 1.54) is 16.0 Å². The molecule has 1 aliphatic heterocycles. The van der Waals surface area contributed by atoms with E-state index >= 15 is 0 Å². The van der Waals surface area contributed by atoms with Crippen LogP contribution < -0.4 is 10.6 Å². The number of fused-ring (bicyclic) bond motifs is 1. The molecule has 3 nitrogen and oxygen atoms in total. The van der Waals surface area contributed by atoms with Crippen molar-refractivity contribution in [3.05, 3.63) is 51.7 Å². The first-order valence-electron chi connectivity index (χ1n) is 6.89. The lowest BCUT2D eigenvalue weighted by Gasteiger charge is -2.15. The zero-order valence-electron chi connectivity index (χ0n) is 11.5. The van der Waals surface area contributed by atoms with Crippen LogP contribution in [0.15, 0.2) is 35.7 Å². The molecule has 2 N–H and O–H groups in total. The van der Waals surface area contributed by atoms with Gasteiger partial charge < -0.3 is 10.6 Å². The van der Waals surface area contributed by atoms with Crippen LogP contribution in [-0.2, 0) is 17.8 Å². The van der Waals surface area contributed by atoms with E-state index in [0.717, 1.165) is 25.1 Å². The van der Waals surface area contributed by atoms with E-state index in [4.69, 9.17) is 0 Å². The van der Waals surface area contributed by atoms with Crippen LogP contribution in [0.2, 0.25) is 0 Å². The average molecular weight is 286 g/mol. The molecule has 104 valence electrons. The van der Waals surface area contributed by atoms with Crippen LogP contribution >= 0.6 is 11.3 Å². The van der Waals surface area contributed by atoms with Crippen LogP contribution in [0.5, 0.6) is 0 Å². The minimum absolute atomic E-state index is 0.0733. The maximum atomic E-state index is 12.3. The molecule has 1 aromatic heterocycles. The molecule has 20 heavy (non-hydrogen) atoms. The number of hydrogen-bond donors (Lipinski definition) is 2. The molecule has 0 saturated carbocycles. The molecule has 0 radical (unpaired) electrons. The fraction of sp³-hybridized carbons (Fsp3) is 0.312. The van der Waals surface area contributed by atoms with Crippen LogP contribution in [0, 0.1) is 6.92 Å². The molecule has 0 bridgehead atoms. The number of carbonyl (C=O) groups is 1. The van der Waals surface area contributed by atoms with E-state index in [9.17, 15) is 4.79 Å². The van der Waals surface area contributed by atoms with Crippen molar-refractivity contribution >= 4 is 22.9 Å². The van der Waals surface area contributed by atoms with Crippen molar-refractivity contribution in [2.75, 3.05) is 5.32 Å². The van der Waals surface area contributed by atoms with Crippen LogP contribution in [0.3, 0.4) is 0 Å². The van der Waals surface area contributed by atoms with Gasteiger partial charge in [0.05, 0.1) is 6.04 Å². The Labute approximate surface area is 123 Å². The topological polar surface area (TPSA) is 41.1 Å². The number of rotatable bonds is 3. The molecule has 1 aromatic carbocycles. The molecule has 0 aliphatic carbocycles. The molecule has 0 fully saturated rings. The largest absolute Gasteiger partial charge is 0.324 e. The molecule has 0 saturated heterocycles. The summed E-state index contributed by atoms with van der Waals surface area (Å²) in [6.07, 6.45) is 1.77. The fourth-order valence-electron chi connectivity index (χ4n) is 2.51. The molecule has 1 aliphatic rings. The van der Waals surface area contributed by atoms with Gasteiger partial charge in [-0.2, -0.15) is 0 Å². The number of para-hydroxylation sites is 1. The summed E-state index contributed by atoms with van der Waals surface area (Å²) < 4.78 is 0. The Morgan fingerprint density at radius 1 is 1.35 bits per heavy atom. The Morgan fingerprint density at radius 3 is 3.00 bits per heavy atom. The average Bonchev–Trinajstić information content (AvgIpc) is 2.78. The number of amides is 1. The second-order valence-corrected chi connectivity index (χ2v) is 6.15. The number of benzene rings is 1. The molecule has 0 spiro atoms. The van der Waals surface area contributed by atoms with Crippen molar-refractivity contribution in [3.8, 4) is 0 Å². The zero-order chi connectivity index (χ0) is 13.9. The summed E-state index contributed by atoms with van der Waals surface area (Å²) in [6.45, 7) is 2.87. The highest BCUT2D eigenvalue weighted by molar-refractivity contribution is 7.10. The Bertz CT molecular complexity index is 620. The summed E-state index contributed by atoms with van der Waals surface area (Å²) >= 11 is 1.74. The standard InChI is InChI=1S/C16H18N2OS/c1-11-8-9-20-15(11)10-17-14-7-6-12-4-2-3-5-13(12)18-16(14)19/h2-5,8-9,14,17H,6-7,10H2,1H3,(H,18,19). The van der Waals surface area contributed by atoms with Gasteiger partial charge in [-0.25, -0.2) is 0 Å². The zero-order valence-corrected chi connectivity index (χ0v) is 12.3. The first-order chi connectivity index (χ1) is 9.74. The molecular formula is C16H18N2OS. The molecule has 2 heterocycles. The summed E-state index contributed by atoms with van der Waals surface area (Å²) in [5.74, 6) is 0.0733. The first-order valence-corrected chi connectivity index (χ1v) is 7.77. The number of hydrogen-bond acceptors (Lipinski definition) is 3. The van der Waals surface area contributed by atoms with E-state index in [0.29, 0.717) is 0 Å². The Balaban J connectivity index is 1.67. The molecule has 3 rings (SSSR count). The van der Waals surface area contributed by atoms with Crippen molar-refractivity contribution in [2.45, 2.75) is 32.4 Å². The highest BCUT2D eigenvalue weighted by atomic mass is 32.1. The third-order valence-corrected chi connectivity index (χ3v) is 4.79. The van der Waals surface area contributed by atoms with Crippen molar-refractivity contribution < 1.29 is 4.79 Å². The second kappa shape index (κ2) is 5.77. The third-order valence-electron chi connectivity index (χ3n) is 3.77. The van der Waals surface area contributed by atoms with Gasteiger partial charge in [0, 0.05) is 17.1 Å². The lowest BCUT2D eigenvalue weighted by atomic mass is 10.1. The van der Waals surface area contributed by atoms with E-state index in [2.05, 4.69) is 35.1 Å². The second-order valence-electron chi connectivity index (χ2n) is 5.15.